The smallest absolute Gasteiger partial charge is 0.0263 e. The predicted molar refractivity (Wildman–Crippen MR) is 36.0 cm³/mol. The molecule has 1 heteroatoms. The first-order valence-electron chi connectivity index (χ1n) is 2.73. The topological polar surface area (TPSA) is 12.4 Å². The maximum absolute atomic E-state index is 3.96. The second kappa shape index (κ2) is 2.46. The van der Waals surface area contributed by atoms with Gasteiger partial charge < -0.3 is 0 Å². The van der Waals surface area contributed by atoms with E-state index in [2.05, 4.69) is 18.0 Å². The Morgan fingerprint density at radius 3 is 3.38 bits per heavy atom. The average Bonchev–Trinajstić information content (AvgIpc) is 1.94. The van der Waals surface area contributed by atoms with Crippen LogP contribution in [0.4, 0.5) is 0 Å². The lowest BCUT2D eigenvalue weighted by atomic mass is 10.2. The Balaban J connectivity index is 2.69. The van der Waals surface area contributed by atoms with Gasteiger partial charge >= 0.3 is 0 Å². The average molecular weight is 107 g/mol. The van der Waals surface area contributed by atoms with Crippen LogP contribution in [0.15, 0.2) is 28.9 Å². The molecule has 8 heavy (non-hydrogen) atoms. The Labute approximate surface area is 49.4 Å². The van der Waals surface area contributed by atoms with Crippen molar-refractivity contribution in [2.24, 2.45) is 4.99 Å². The van der Waals surface area contributed by atoms with E-state index in [4.69, 9.17) is 0 Å². The van der Waals surface area contributed by atoms with Crippen LogP contribution in [0.1, 0.15) is 13.3 Å². The summed E-state index contributed by atoms with van der Waals surface area (Å²) in [6.45, 7) is 2.10. The van der Waals surface area contributed by atoms with Crippen LogP contribution in [0, 0.1) is 0 Å². The van der Waals surface area contributed by atoms with Crippen LogP contribution < -0.4 is 0 Å². The van der Waals surface area contributed by atoms with Gasteiger partial charge in [0.2, 0.25) is 0 Å². The lowest BCUT2D eigenvalue weighted by Gasteiger charge is -1.85. The third kappa shape index (κ3) is 1.34. The van der Waals surface area contributed by atoms with E-state index in [1.165, 1.54) is 5.57 Å². The van der Waals surface area contributed by atoms with Gasteiger partial charge in [0, 0.05) is 18.8 Å². The first-order valence-corrected chi connectivity index (χ1v) is 2.73. The molecule has 0 spiro atoms. The molecule has 1 heterocycles. The molecule has 0 amide bonds. The maximum Gasteiger partial charge on any atom is 0.0263 e. The number of aliphatic imine (C=N–C) groups is 1. The molecule has 0 atom stereocenters. The molecule has 0 fully saturated rings. The molecule has 0 aliphatic carbocycles. The third-order valence-electron chi connectivity index (χ3n) is 1.07. The largest absolute Gasteiger partial charge is 0.269 e. The van der Waals surface area contributed by atoms with E-state index in [0.29, 0.717) is 0 Å². The lowest BCUT2D eigenvalue weighted by Crippen LogP contribution is -1.73. The first-order chi connectivity index (χ1) is 3.89. The molecule has 0 N–H and O–H groups in total. The monoisotopic (exact) mass is 107 g/mol. The first kappa shape index (κ1) is 5.29. The van der Waals surface area contributed by atoms with Gasteiger partial charge in [-0.25, -0.2) is 0 Å². The molecule has 0 unspecified atom stereocenters. The number of nitrogens with zero attached hydrogens (tertiary/aromatic N) is 1. The minimum atomic E-state index is 0.993. The second-order valence-electron chi connectivity index (χ2n) is 1.89. The molecule has 1 rings (SSSR count). The summed E-state index contributed by atoms with van der Waals surface area (Å²) in [4.78, 5) is 3.96. The van der Waals surface area contributed by atoms with Crippen molar-refractivity contribution in [3.05, 3.63) is 23.9 Å². The zero-order valence-corrected chi connectivity index (χ0v) is 4.96. The highest BCUT2D eigenvalue weighted by atomic mass is 14.7. The van der Waals surface area contributed by atoms with Crippen molar-refractivity contribution in [1.82, 2.24) is 0 Å². The summed E-state index contributed by atoms with van der Waals surface area (Å²) in [5.41, 5.74) is 1.36. The Bertz CT molecular complexity index is 152. The van der Waals surface area contributed by atoms with Crippen molar-refractivity contribution in [3.63, 3.8) is 0 Å². The van der Waals surface area contributed by atoms with Crippen LogP contribution in [-0.2, 0) is 0 Å². The molecule has 1 aliphatic heterocycles. The third-order valence-corrected chi connectivity index (χ3v) is 1.07. The Kier molecular flexibility index (Phi) is 1.62. The fourth-order valence-corrected chi connectivity index (χ4v) is 0.583. The van der Waals surface area contributed by atoms with Crippen LogP contribution in [0.2, 0.25) is 0 Å². The van der Waals surface area contributed by atoms with Gasteiger partial charge in [-0.3, -0.25) is 4.99 Å². The molecule has 1 nitrogen and oxygen atoms in total. The summed E-state index contributed by atoms with van der Waals surface area (Å²) in [5.74, 6) is 0. The molecule has 1 aliphatic rings. The predicted octanol–water partition coefficient (Wildman–Crippen LogP) is 1.92. The molecule has 0 bridgehead atoms. The highest BCUT2D eigenvalue weighted by Crippen LogP contribution is 1.99. The number of hydrogen-bond acceptors (Lipinski definition) is 1. The Morgan fingerprint density at radius 2 is 2.50 bits per heavy atom. The maximum atomic E-state index is 3.96. The molecule has 0 saturated carbocycles. The van der Waals surface area contributed by atoms with E-state index in [-0.39, 0.29) is 0 Å². The van der Waals surface area contributed by atoms with Gasteiger partial charge in [0.15, 0.2) is 0 Å². The van der Waals surface area contributed by atoms with E-state index in [0.717, 1.165) is 6.42 Å². The van der Waals surface area contributed by atoms with Gasteiger partial charge in [-0.1, -0.05) is 11.6 Å². The second-order valence-corrected chi connectivity index (χ2v) is 1.89. The van der Waals surface area contributed by atoms with Gasteiger partial charge in [-0.15, -0.1) is 0 Å². The summed E-state index contributed by atoms with van der Waals surface area (Å²) in [5, 5.41) is 0. The fourth-order valence-electron chi connectivity index (χ4n) is 0.583. The van der Waals surface area contributed by atoms with Gasteiger partial charge in [-0.2, -0.15) is 0 Å². The number of allylic oxidation sites excluding steroid dienone is 3. The minimum absolute atomic E-state index is 0.993. The molecule has 0 radical (unpaired) electrons. The molecular formula is C7H9N. The number of hydrogen-bond donors (Lipinski definition) is 0. The molecule has 0 aromatic heterocycles. The summed E-state index contributed by atoms with van der Waals surface area (Å²) in [7, 11) is 0. The van der Waals surface area contributed by atoms with Crippen LogP contribution in [-0.4, -0.2) is 6.21 Å². The van der Waals surface area contributed by atoms with E-state index < -0.39 is 0 Å². The molecule has 0 saturated heterocycles. The fraction of sp³-hybridized carbons (Fsp3) is 0.286. The molecule has 0 aromatic carbocycles. The van der Waals surface area contributed by atoms with Crippen LogP contribution in [0.25, 0.3) is 0 Å². The van der Waals surface area contributed by atoms with Crippen molar-refractivity contribution < 1.29 is 0 Å². The highest BCUT2D eigenvalue weighted by Gasteiger charge is 1.84. The number of rotatable bonds is 0. The lowest BCUT2D eigenvalue weighted by molar-refractivity contribution is 1.29. The van der Waals surface area contributed by atoms with Crippen LogP contribution >= 0.6 is 0 Å². The Hall–Kier alpha value is -0.850. The van der Waals surface area contributed by atoms with E-state index in [1.54, 1.807) is 6.20 Å². The van der Waals surface area contributed by atoms with E-state index in [1.807, 2.05) is 12.3 Å². The van der Waals surface area contributed by atoms with Crippen LogP contribution in [0.3, 0.4) is 0 Å². The van der Waals surface area contributed by atoms with Crippen molar-refractivity contribution in [3.8, 4) is 0 Å². The van der Waals surface area contributed by atoms with E-state index in [9.17, 15) is 0 Å². The van der Waals surface area contributed by atoms with Gasteiger partial charge in [-0.05, 0) is 13.0 Å². The molecule has 42 valence electrons. The normalized spacial score (nSPS) is 17.9. The summed E-state index contributed by atoms with van der Waals surface area (Å²) in [6, 6.07) is 0. The van der Waals surface area contributed by atoms with Crippen molar-refractivity contribution in [1.29, 1.82) is 0 Å². The van der Waals surface area contributed by atoms with Gasteiger partial charge in [0.1, 0.15) is 0 Å². The Morgan fingerprint density at radius 1 is 1.62 bits per heavy atom. The van der Waals surface area contributed by atoms with Gasteiger partial charge in [0.25, 0.3) is 0 Å². The molecular weight excluding hydrogens is 98.1 g/mol. The summed E-state index contributed by atoms with van der Waals surface area (Å²) >= 11 is 0. The van der Waals surface area contributed by atoms with Crippen molar-refractivity contribution >= 4 is 6.21 Å². The quantitative estimate of drug-likeness (QED) is 0.448. The SMILES string of the molecule is CC1=CC=CN=CC1. The zero-order valence-electron chi connectivity index (χ0n) is 4.96. The minimum Gasteiger partial charge on any atom is -0.269 e. The summed E-state index contributed by atoms with van der Waals surface area (Å²) < 4.78 is 0. The van der Waals surface area contributed by atoms with E-state index >= 15 is 0 Å². The molecule has 0 aromatic rings. The van der Waals surface area contributed by atoms with Crippen molar-refractivity contribution in [2.75, 3.05) is 0 Å². The summed E-state index contributed by atoms with van der Waals surface area (Å²) in [6.07, 6.45) is 8.74. The highest BCUT2D eigenvalue weighted by molar-refractivity contribution is 5.62. The standard InChI is InChI=1S/C7H9N/c1-7-3-2-5-8-6-4-7/h2-3,5-6H,4H2,1H3. The van der Waals surface area contributed by atoms with Crippen molar-refractivity contribution in [2.45, 2.75) is 13.3 Å². The zero-order chi connectivity index (χ0) is 5.82. The van der Waals surface area contributed by atoms with Crippen LogP contribution in [0.5, 0.6) is 0 Å². The van der Waals surface area contributed by atoms with Gasteiger partial charge in [0.05, 0.1) is 0 Å².